The third-order valence-electron chi connectivity index (χ3n) is 4.45. The molecule has 1 saturated heterocycles. The molecule has 1 aliphatic carbocycles. The number of methoxy groups -OCH3 is 1. The van der Waals surface area contributed by atoms with Crippen LogP contribution in [0, 0.1) is 0 Å². The Hall–Kier alpha value is -0.660. The summed E-state index contributed by atoms with van der Waals surface area (Å²) in [6.07, 6.45) is -9.14. The molecule has 0 aromatic carbocycles. The average molecular weight is 351 g/mol. The molecular weight excluding hydrogens is 326 g/mol. The van der Waals surface area contributed by atoms with Crippen LogP contribution in [0.15, 0.2) is 11.6 Å². The minimum absolute atomic E-state index is 0.0510. The maximum Gasteiger partial charge on any atom is 0.186 e. The number of ether oxygens (including phenoxy) is 2. The third kappa shape index (κ3) is 3.78. The molecule has 0 bridgehead atoms. The molecule has 0 radical (unpaired) electrons. The van der Waals surface area contributed by atoms with Crippen LogP contribution in [-0.4, -0.2) is 111 Å². The monoisotopic (exact) mass is 351 g/mol. The van der Waals surface area contributed by atoms with Crippen LogP contribution in [0.1, 0.15) is 0 Å². The van der Waals surface area contributed by atoms with Gasteiger partial charge in [-0.3, -0.25) is 0 Å². The fourth-order valence-electron chi connectivity index (χ4n) is 2.90. The molecule has 0 saturated carbocycles. The maximum atomic E-state index is 9.99. The van der Waals surface area contributed by atoms with Gasteiger partial charge in [0, 0.05) is 13.7 Å². The van der Waals surface area contributed by atoms with Gasteiger partial charge in [0.15, 0.2) is 6.29 Å². The van der Waals surface area contributed by atoms with E-state index in [1.807, 2.05) is 0 Å². The van der Waals surface area contributed by atoms with Gasteiger partial charge in [-0.1, -0.05) is 6.08 Å². The van der Waals surface area contributed by atoms with Crippen molar-refractivity contribution >= 4 is 0 Å². The van der Waals surface area contributed by atoms with E-state index in [0.29, 0.717) is 0 Å². The SMILES string of the molecule is CO[C@H]1O[C@H](CN[C@H]2C=C(CO)[C@@H](O)[C@H](O)[C@H]2O)[C@@H](O)[C@H](O)[C@H]1O. The van der Waals surface area contributed by atoms with Crippen LogP contribution in [0.25, 0.3) is 0 Å². The van der Waals surface area contributed by atoms with Crippen molar-refractivity contribution in [3.05, 3.63) is 11.6 Å². The Kier molecular flexibility index (Phi) is 6.67. The van der Waals surface area contributed by atoms with Crippen molar-refractivity contribution in [3.63, 3.8) is 0 Å². The van der Waals surface area contributed by atoms with Crippen LogP contribution in [-0.2, 0) is 9.47 Å². The van der Waals surface area contributed by atoms with E-state index >= 15 is 0 Å². The highest BCUT2D eigenvalue weighted by Gasteiger charge is 2.44. The fraction of sp³-hybridized carbons (Fsp3) is 0.857. The van der Waals surface area contributed by atoms with Crippen molar-refractivity contribution in [1.29, 1.82) is 0 Å². The summed E-state index contributed by atoms with van der Waals surface area (Å²) >= 11 is 0. The molecule has 1 fully saturated rings. The molecule has 8 N–H and O–H groups in total. The molecule has 9 atom stereocenters. The molecular formula is C14H25NO9. The molecule has 10 heteroatoms. The summed E-state index contributed by atoms with van der Waals surface area (Å²) in [6.45, 7) is -0.535. The van der Waals surface area contributed by atoms with Crippen LogP contribution in [0.2, 0.25) is 0 Å². The van der Waals surface area contributed by atoms with E-state index in [2.05, 4.69) is 5.32 Å². The quantitative estimate of drug-likeness (QED) is 0.225. The summed E-state index contributed by atoms with van der Waals surface area (Å²) in [7, 11) is 1.28. The van der Waals surface area contributed by atoms with Gasteiger partial charge in [-0.25, -0.2) is 0 Å². The van der Waals surface area contributed by atoms with E-state index in [1.54, 1.807) is 0 Å². The van der Waals surface area contributed by atoms with Gasteiger partial charge in [0.2, 0.25) is 0 Å². The lowest BCUT2D eigenvalue weighted by atomic mass is 9.88. The molecule has 2 rings (SSSR count). The van der Waals surface area contributed by atoms with Gasteiger partial charge in [-0.2, -0.15) is 0 Å². The predicted octanol–water partition coefficient (Wildman–Crippen LogP) is -4.59. The molecule has 24 heavy (non-hydrogen) atoms. The standard InChI is InChI=1S/C14H25NO9/c1-23-14-13(22)12(21)10(19)7(24-14)3-15-6-2-5(4-16)8(17)11(20)9(6)18/h2,6-22H,3-4H2,1H3/t6-,7+,8+,9-,10+,11-,12-,13+,14-/m0/s1. The van der Waals surface area contributed by atoms with Crippen LogP contribution >= 0.6 is 0 Å². The van der Waals surface area contributed by atoms with Crippen LogP contribution in [0.5, 0.6) is 0 Å². The minimum atomic E-state index is -1.48. The number of rotatable bonds is 5. The summed E-state index contributed by atoms with van der Waals surface area (Å²) in [5.41, 5.74) is 0.153. The van der Waals surface area contributed by atoms with Crippen LogP contribution in [0.4, 0.5) is 0 Å². The average Bonchev–Trinajstić information content (AvgIpc) is 2.58. The van der Waals surface area contributed by atoms with Gasteiger partial charge in [-0.05, 0) is 5.57 Å². The molecule has 0 aromatic rings. The molecule has 0 spiro atoms. The van der Waals surface area contributed by atoms with Crippen molar-refractivity contribution in [3.8, 4) is 0 Å². The molecule has 10 nitrogen and oxygen atoms in total. The van der Waals surface area contributed by atoms with Crippen LogP contribution < -0.4 is 5.32 Å². The normalized spacial score (nSPS) is 46.7. The van der Waals surface area contributed by atoms with Crippen molar-refractivity contribution in [2.24, 2.45) is 0 Å². The Morgan fingerprint density at radius 2 is 1.67 bits per heavy atom. The van der Waals surface area contributed by atoms with Crippen molar-refractivity contribution < 1.29 is 45.2 Å². The molecule has 0 amide bonds. The smallest absolute Gasteiger partial charge is 0.186 e. The van der Waals surface area contributed by atoms with E-state index in [-0.39, 0.29) is 12.1 Å². The molecule has 0 aromatic heterocycles. The number of hydrogen-bond acceptors (Lipinski definition) is 10. The second-order valence-corrected chi connectivity index (χ2v) is 6.01. The number of nitrogens with one attached hydrogen (secondary N) is 1. The van der Waals surface area contributed by atoms with E-state index in [0.717, 1.165) is 0 Å². The molecule has 140 valence electrons. The summed E-state index contributed by atoms with van der Waals surface area (Å²) in [6, 6.07) is -0.814. The zero-order valence-electron chi connectivity index (χ0n) is 13.1. The lowest BCUT2D eigenvalue weighted by Gasteiger charge is -2.41. The van der Waals surface area contributed by atoms with Gasteiger partial charge < -0.3 is 50.5 Å². The highest BCUT2D eigenvalue weighted by atomic mass is 16.7. The van der Waals surface area contributed by atoms with Gasteiger partial charge in [-0.15, -0.1) is 0 Å². The van der Waals surface area contributed by atoms with E-state index in [9.17, 15) is 35.7 Å². The Bertz CT molecular complexity index is 446. The van der Waals surface area contributed by atoms with E-state index in [1.165, 1.54) is 13.2 Å². The first-order chi connectivity index (χ1) is 11.3. The topological polar surface area (TPSA) is 172 Å². The maximum absolute atomic E-state index is 9.99. The zero-order chi connectivity index (χ0) is 18.0. The largest absolute Gasteiger partial charge is 0.392 e. The van der Waals surface area contributed by atoms with Crippen molar-refractivity contribution in [2.75, 3.05) is 20.3 Å². The van der Waals surface area contributed by atoms with Crippen molar-refractivity contribution in [1.82, 2.24) is 5.32 Å². The highest BCUT2D eigenvalue weighted by molar-refractivity contribution is 5.21. The van der Waals surface area contributed by atoms with Gasteiger partial charge in [0.25, 0.3) is 0 Å². The molecule has 2 aliphatic rings. The Morgan fingerprint density at radius 3 is 2.25 bits per heavy atom. The number of aliphatic hydroxyl groups is 7. The predicted molar refractivity (Wildman–Crippen MR) is 78.7 cm³/mol. The summed E-state index contributed by atoms with van der Waals surface area (Å²) in [4.78, 5) is 0. The summed E-state index contributed by atoms with van der Waals surface area (Å²) in [5.74, 6) is 0. The minimum Gasteiger partial charge on any atom is -0.392 e. The van der Waals surface area contributed by atoms with Crippen molar-refractivity contribution in [2.45, 2.75) is 55.1 Å². The lowest BCUT2D eigenvalue weighted by Crippen LogP contribution is -2.62. The second kappa shape index (κ2) is 8.15. The highest BCUT2D eigenvalue weighted by Crippen LogP contribution is 2.23. The first-order valence-corrected chi connectivity index (χ1v) is 7.63. The first kappa shape index (κ1) is 19.7. The number of hydrogen-bond donors (Lipinski definition) is 8. The summed E-state index contributed by atoms with van der Waals surface area (Å²) < 4.78 is 10.2. The molecule has 1 aliphatic heterocycles. The Morgan fingerprint density at radius 1 is 1.00 bits per heavy atom. The van der Waals surface area contributed by atoms with Gasteiger partial charge in [0.05, 0.1) is 12.6 Å². The number of aliphatic hydroxyl groups excluding tert-OH is 7. The first-order valence-electron chi connectivity index (χ1n) is 7.63. The van der Waals surface area contributed by atoms with Gasteiger partial charge >= 0.3 is 0 Å². The van der Waals surface area contributed by atoms with E-state index in [4.69, 9.17) is 9.47 Å². The molecule has 0 unspecified atom stereocenters. The second-order valence-electron chi connectivity index (χ2n) is 6.01. The molecule has 1 heterocycles. The van der Waals surface area contributed by atoms with Crippen LogP contribution in [0.3, 0.4) is 0 Å². The van der Waals surface area contributed by atoms with E-state index < -0.39 is 61.7 Å². The Labute approximate surface area is 138 Å². The summed E-state index contributed by atoms with van der Waals surface area (Å²) in [5, 5.41) is 71.0. The lowest BCUT2D eigenvalue weighted by molar-refractivity contribution is -0.288. The zero-order valence-corrected chi connectivity index (χ0v) is 13.1. The third-order valence-corrected chi connectivity index (χ3v) is 4.45. The van der Waals surface area contributed by atoms with Gasteiger partial charge in [0.1, 0.15) is 42.7 Å². The fourth-order valence-corrected chi connectivity index (χ4v) is 2.90. The Balaban J connectivity index is 2.02.